The zero-order valence-electron chi connectivity index (χ0n) is 15.1. The lowest BCUT2D eigenvalue weighted by Gasteiger charge is -2.38. The second kappa shape index (κ2) is 6.96. The first-order valence-corrected chi connectivity index (χ1v) is 8.32. The number of hydrogen-bond acceptors (Lipinski definition) is 6. The molecule has 3 rings (SSSR count). The zero-order chi connectivity index (χ0) is 18.8. The SMILES string of the molecule is COc1ccc(N2CCN(c3c(C#N)c(=O)n(C)c(=O)n3C)CC2)cc1. The normalized spacial score (nSPS) is 14.2. The van der Waals surface area contributed by atoms with E-state index in [1.54, 1.807) is 14.2 Å². The quantitative estimate of drug-likeness (QED) is 0.787. The molecule has 1 aliphatic heterocycles. The Morgan fingerprint density at radius 3 is 2.08 bits per heavy atom. The molecule has 1 saturated heterocycles. The summed E-state index contributed by atoms with van der Waals surface area (Å²) in [5.41, 5.74) is 0.112. The van der Waals surface area contributed by atoms with E-state index in [9.17, 15) is 14.9 Å². The molecule has 0 bridgehead atoms. The van der Waals surface area contributed by atoms with Gasteiger partial charge >= 0.3 is 5.69 Å². The Hall–Kier alpha value is -3.21. The smallest absolute Gasteiger partial charge is 0.332 e. The number of benzene rings is 1. The third-order valence-electron chi connectivity index (χ3n) is 4.76. The van der Waals surface area contributed by atoms with Gasteiger partial charge in [-0.15, -0.1) is 0 Å². The van der Waals surface area contributed by atoms with E-state index in [1.807, 2.05) is 35.2 Å². The first-order chi connectivity index (χ1) is 12.5. The number of rotatable bonds is 3. The van der Waals surface area contributed by atoms with Crippen LogP contribution in [0, 0.1) is 11.3 Å². The lowest BCUT2D eigenvalue weighted by molar-refractivity contribution is 0.415. The standard InChI is InChI=1S/C18H21N5O3/c1-20-16(15(12-19)17(24)21(2)18(20)25)23-10-8-22(9-11-23)13-4-6-14(26-3)7-5-13/h4-7H,8-11H2,1-3H3. The Morgan fingerprint density at radius 2 is 1.54 bits per heavy atom. The van der Waals surface area contributed by atoms with Crippen molar-refractivity contribution in [3.05, 3.63) is 50.7 Å². The van der Waals surface area contributed by atoms with Gasteiger partial charge in [-0.3, -0.25) is 13.9 Å². The van der Waals surface area contributed by atoms with E-state index >= 15 is 0 Å². The maximum Gasteiger partial charge on any atom is 0.332 e. The highest BCUT2D eigenvalue weighted by Crippen LogP contribution is 2.23. The van der Waals surface area contributed by atoms with Crippen molar-refractivity contribution in [2.24, 2.45) is 14.1 Å². The van der Waals surface area contributed by atoms with E-state index in [0.717, 1.165) is 29.1 Å². The summed E-state index contributed by atoms with van der Waals surface area (Å²) >= 11 is 0. The Balaban J connectivity index is 1.85. The minimum absolute atomic E-state index is 0.00694. The van der Waals surface area contributed by atoms with Crippen LogP contribution in [0.5, 0.6) is 5.75 Å². The maximum absolute atomic E-state index is 12.3. The molecule has 1 aliphatic rings. The number of ether oxygens (including phenoxy) is 1. The third-order valence-corrected chi connectivity index (χ3v) is 4.76. The molecular formula is C18H21N5O3. The molecule has 8 nitrogen and oxygen atoms in total. The molecule has 2 aromatic rings. The highest BCUT2D eigenvalue weighted by atomic mass is 16.5. The summed E-state index contributed by atoms with van der Waals surface area (Å²) in [6.07, 6.45) is 0. The van der Waals surface area contributed by atoms with Crippen LogP contribution in [-0.2, 0) is 14.1 Å². The van der Waals surface area contributed by atoms with Crippen LogP contribution in [0.4, 0.5) is 11.5 Å². The lowest BCUT2D eigenvalue weighted by Crippen LogP contribution is -2.50. The fourth-order valence-electron chi connectivity index (χ4n) is 3.27. The summed E-state index contributed by atoms with van der Waals surface area (Å²) < 4.78 is 7.53. The van der Waals surface area contributed by atoms with Gasteiger partial charge in [-0.25, -0.2) is 4.79 Å². The van der Waals surface area contributed by atoms with Crippen LogP contribution in [-0.4, -0.2) is 42.4 Å². The number of aromatic nitrogens is 2. The van der Waals surface area contributed by atoms with E-state index in [4.69, 9.17) is 4.74 Å². The van der Waals surface area contributed by atoms with Gasteiger partial charge in [0, 0.05) is 46.0 Å². The molecule has 0 saturated carbocycles. The highest BCUT2D eigenvalue weighted by Gasteiger charge is 2.24. The van der Waals surface area contributed by atoms with E-state index in [1.165, 1.54) is 11.6 Å². The lowest BCUT2D eigenvalue weighted by atomic mass is 10.2. The molecule has 0 N–H and O–H groups in total. The maximum atomic E-state index is 12.3. The van der Waals surface area contributed by atoms with Gasteiger partial charge in [0.25, 0.3) is 5.56 Å². The van der Waals surface area contributed by atoms with Gasteiger partial charge in [-0.05, 0) is 24.3 Å². The number of anilines is 2. The van der Waals surface area contributed by atoms with Gasteiger partial charge in [0.05, 0.1) is 7.11 Å². The topological polar surface area (TPSA) is 83.5 Å². The van der Waals surface area contributed by atoms with Crippen LogP contribution in [0.25, 0.3) is 0 Å². The minimum Gasteiger partial charge on any atom is -0.497 e. The van der Waals surface area contributed by atoms with Gasteiger partial charge in [0.2, 0.25) is 0 Å². The first-order valence-electron chi connectivity index (χ1n) is 8.32. The fraction of sp³-hybridized carbons (Fsp3) is 0.389. The number of nitrogens with zero attached hydrogens (tertiary/aromatic N) is 5. The van der Waals surface area contributed by atoms with Crippen molar-refractivity contribution in [3.8, 4) is 11.8 Å². The van der Waals surface area contributed by atoms with Crippen LogP contribution in [0.3, 0.4) is 0 Å². The van der Waals surface area contributed by atoms with Gasteiger partial charge in [0.15, 0.2) is 5.56 Å². The zero-order valence-corrected chi connectivity index (χ0v) is 15.1. The molecule has 0 atom stereocenters. The summed E-state index contributed by atoms with van der Waals surface area (Å²) in [7, 11) is 4.61. The third kappa shape index (κ3) is 2.92. The largest absolute Gasteiger partial charge is 0.497 e. The van der Waals surface area contributed by atoms with Crippen molar-refractivity contribution in [1.29, 1.82) is 5.26 Å². The van der Waals surface area contributed by atoms with Gasteiger partial charge < -0.3 is 14.5 Å². The Kier molecular flexibility index (Phi) is 4.71. The average molecular weight is 355 g/mol. The molecule has 0 unspecified atom stereocenters. The molecule has 1 aromatic carbocycles. The summed E-state index contributed by atoms with van der Waals surface area (Å²) in [4.78, 5) is 28.7. The Labute approximate surface area is 151 Å². The molecule has 0 amide bonds. The summed E-state index contributed by atoms with van der Waals surface area (Å²) in [6, 6.07) is 9.80. The molecule has 26 heavy (non-hydrogen) atoms. The number of hydrogen-bond donors (Lipinski definition) is 0. The van der Waals surface area contributed by atoms with E-state index in [2.05, 4.69) is 4.90 Å². The molecule has 2 heterocycles. The second-order valence-electron chi connectivity index (χ2n) is 6.19. The Morgan fingerprint density at radius 1 is 0.962 bits per heavy atom. The predicted molar refractivity (Wildman–Crippen MR) is 99.1 cm³/mol. The van der Waals surface area contributed by atoms with Crippen LogP contribution in [0.1, 0.15) is 5.56 Å². The van der Waals surface area contributed by atoms with Gasteiger partial charge in [0.1, 0.15) is 17.6 Å². The Bertz CT molecular complexity index is 961. The second-order valence-corrected chi connectivity index (χ2v) is 6.19. The minimum atomic E-state index is -0.553. The molecule has 0 spiro atoms. The highest BCUT2D eigenvalue weighted by molar-refractivity contribution is 5.56. The van der Waals surface area contributed by atoms with E-state index < -0.39 is 11.2 Å². The summed E-state index contributed by atoms with van der Waals surface area (Å²) in [5.74, 6) is 1.20. The van der Waals surface area contributed by atoms with Crippen molar-refractivity contribution in [2.75, 3.05) is 43.1 Å². The van der Waals surface area contributed by atoms with Crippen molar-refractivity contribution >= 4 is 11.5 Å². The molecule has 8 heteroatoms. The van der Waals surface area contributed by atoms with Gasteiger partial charge in [-0.1, -0.05) is 0 Å². The summed E-state index contributed by atoms with van der Waals surface area (Å²) in [6.45, 7) is 2.67. The molecule has 1 aromatic heterocycles. The predicted octanol–water partition coefficient (Wildman–Crippen LogP) is 0.291. The van der Waals surface area contributed by atoms with Crippen LogP contribution in [0.15, 0.2) is 33.9 Å². The van der Waals surface area contributed by atoms with Crippen LogP contribution < -0.4 is 25.8 Å². The van der Waals surface area contributed by atoms with Crippen molar-refractivity contribution in [2.45, 2.75) is 0 Å². The molecule has 1 fully saturated rings. The molecule has 0 radical (unpaired) electrons. The molecule has 0 aliphatic carbocycles. The number of nitriles is 1. The molecule has 136 valence electrons. The number of methoxy groups -OCH3 is 1. The first kappa shape index (κ1) is 17.6. The summed E-state index contributed by atoms with van der Waals surface area (Å²) in [5, 5.41) is 9.42. The van der Waals surface area contributed by atoms with Crippen molar-refractivity contribution in [3.63, 3.8) is 0 Å². The average Bonchev–Trinajstić information content (AvgIpc) is 2.69. The fourth-order valence-corrected chi connectivity index (χ4v) is 3.27. The number of piperazine rings is 1. The molecular weight excluding hydrogens is 334 g/mol. The van der Waals surface area contributed by atoms with E-state index in [-0.39, 0.29) is 5.56 Å². The van der Waals surface area contributed by atoms with Crippen LogP contribution >= 0.6 is 0 Å². The van der Waals surface area contributed by atoms with E-state index in [0.29, 0.717) is 18.9 Å². The monoisotopic (exact) mass is 355 g/mol. The van der Waals surface area contributed by atoms with Crippen molar-refractivity contribution in [1.82, 2.24) is 9.13 Å². The van der Waals surface area contributed by atoms with Crippen LogP contribution in [0.2, 0.25) is 0 Å². The van der Waals surface area contributed by atoms with Crippen molar-refractivity contribution < 1.29 is 4.74 Å². The van der Waals surface area contributed by atoms with Gasteiger partial charge in [-0.2, -0.15) is 5.26 Å².